The van der Waals surface area contributed by atoms with Gasteiger partial charge in [-0.05, 0) is 86.3 Å². The number of nitrogen functional groups attached to an aromatic ring is 1. The second kappa shape index (κ2) is 13.2. The predicted molar refractivity (Wildman–Crippen MR) is 163 cm³/mol. The molecule has 1 unspecified atom stereocenters. The van der Waals surface area contributed by atoms with E-state index in [0.717, 1.165) is 16.8 Å². The van der Waals surface area contributed by atoms with Crippen molar-refractivity contribution in [1.82, 2.24) is 9.71 Å². The summed E-state index contributed by atoms with van der Waals surface area (Å²) < 4.78 is 40.1. The van der Waals surface area contributed by atoms with Gasteiger partial charge in [-0.25, -0.2) is 18.1 Å². The minimum absolute atomic E-state index is 0. The van der Waals surface area contributed by atoms with Crippen molar-refractivity contribution < 1.29 is 27.5 Å². The third kappa shape index (κ3) is 7.26. The van der Waals surface area contributed by atoms with Gasteiger partial charge in [0.15, 0.2) is 11.5 Å². The van der Waals surface area contributed by atoms with E-state index >= 15 is 0 Å². The second-order valence-electron chi connectivity index (χ2n) is 9.38. The van der Waals surface area contributed by atoms with Gasteiger partial charge in [-0.2, -0.15) is 0 Å². The molecule has 4 rings (SSSR count). The molecule has 4 aromatic rings. The summed E-state index contributed by atoms with van der Waals surface area (Å²) in [5.41, 5.74) is 12.2. The van der Waals surface area contributed by atoms with E-state index in [1.165, 1.54) is 18.2 Å². The van der Waals surface area contributed by atoms with E-state index in [9.17, 15) is 18.0 Å². The van der Waals surface area contributed by atoms with Gasteiger partial charge >= 0.3 is 0 Å². The maximum atomic E-state index is 13.7. The molecule has 12 heteroatoms. The summed E-state index contributed by atoms with van der Waals surface area (Å²) in [4.78, 5) is 29.0. The molecular formula is C30H35N5O6S. The highest BCUT2D eigenvalue weighted by molar-refractivity contribution is 7.90. The van der Waals surface area contributed by atoms with Gasteiger partial charge < -0.3 is 26.3 Å². The summed E-state index contributed by atoms with van der Waals surface area (Å²) in [5.74, 6) is -0.437. The van der Waals surface area contributed by atoms with Crippen LogP contribution in [0.1, 0.15) is 50.2 Å². The fourth-order valence-corrected chi connectivity index (χ4v) is 5.19. The molecule has 0 saturated carbocycles. The minimum Gasteiger partial charge on any atom is -0.490 e. The van der Waals surface area contributed by atoms with Crippen LogP contribution in [0.5, 0.6) is 11.5 Å². The summed E-state index contributed by atoms with van der Waals surface area (Å²) in [6, 6.07) is 15.9. The first kappa shape index (κ1) is 31.7. The van der Waals surface area contributed by atoms with Gasteiger partial charge in [0.25, 0.3) is 15.9 Å². The summed E-state index contributed by atoms with van der Waals surface area (Å²) in [6.45, 7) is 5.91. The Bertz CT molecular complexity index is 1710. The molecule has 11 nitrogen and oxygen atoms in total. The Kier molecular flexibility index (Phi) is 9.97. The van der Waals surface area contributed by atoms with Gasteiger partial charge in [0.05, 0.1) is 17.6 Å². The van der Waals surface area contributed by atoms with Crippen molar-refractivity contribution in [2.45, 2.75) is 45.2 Å². The van der Waals surface area contributed by atoms with E-state index in [2.05, 4.69) is 15.0 Å². The van der Waals surface area contributed by atoms with Gasteiger partial charge in [-0.1, -0.05) is 19.6 Å². The van der Waals surface area contributed by atoms with Crippen LogP contribution in [0.2, 0.25) is 0 Å². The number of rotatable bonds is 11. The zero-order valence-electron chi connectivity index (χ0n) is 22.7. The molecule has 0 saturated heterocycles. The topological polar surface area (TPSA) is 176 Å². The molecule has 222 valence electrons. The zero-order chi connectivity index (χ0) is 29.7. The Morgan fingerprint density at radius 3 is 2.45 bits per heavy atom. The van der Waals surface area contributed by atoms with Crippen molar-refractivity contribution in [2.24, 2.45) is 5.73 Å². The number of pyridine rings is 1. The highest BCUT2D eigenvalue weighted by Gasteiger charge is 2.28. The summed E-state index contributed by atoms with van der Waals surface area (Å²) in [7, 11) is -4.37. The van der Waals surface area contributed by atoms with E-state index in [4.69, 9.17) is 20.9 Å². The summed E-state index contributed by atoms with van der Waals surface area (Å²) in [5, 5.41) is 4.63. The molecule has 2 amide bonds. The molecule has 3 aromatic carbocycles. The molecule has 0 spiro atoms. The molecule has 0 aliphatic carbocycles. The molecule has 0 bridgehead atoms. The average Bonchev–Trinajstić information content (AvgIpc) is 2.92. The Balaban J connectivity index is 0.00000484. The maximum absolute atomic E-state index is 13.7. The Hall–Kier alpha value is -4.84. The number of nitrogens with one attached hydrogen (secondary N) is 2. The van der Waals surface area contributed by atoms with Crippen LogP contribution in [-0.2, 0) is 14.8 Å². The average molecular weight is 594 g/mol. The standard InChI is InChI=1S/C29H31N5O6S.CH4/c1-4-39-25-16-19(8-11-24(25)40-17(2)3)26(33-21-9-10-23-18(14-21)12-13-32-27(23)30)29(36)34-41(37,38)22-7-5-6-20(15-22)28(31)35;/h5-17,26,33H,4H2,1-3H3,(H2,30,32)(H2,31,35)(H,34,36);1H4. The number of aromatic nitrogens is 1. The van der Waals surface area contributed by atoms with E-state index < -0.39 is 27.9 Å². The van der Waals surface area contributed by atoms with Crippen LogP contribution >= 0.6 is 0 Å². The largest absolute Gasteiger partial charge is 0.490 e. The molecule has 0 aliphatic heterocycles. The molecule has 1 atom stereocenters. The van der Waals surface area contributed by atoms with Gasteiger partial charge in [0.2, 0.25) is 5.91 Å². The number of anilines is 2. The van der Waals surface area contributed by atoms with Crippen molar-refractivity contribution in [3.63, 3.8) is 0 Å². The fourth-order valence-electron chi connectivity index (χ4n) is 4.15. The van der Waals surface area contributed by atoms with Crippen molar-refractivity contribution >= 4 is 44.1 Å². The maximum Gasteiger partial charge on any atom is 0.264 e. The van der Waals surface area contributed by atoms with Gasteiger partial charge in [0.1, 0.15) is 11.9 Å². The van der Waals surface area contributed by atoms with Crippen molar-refractivity contribution in [1.29, 1.82) is 0 Å². The lowest BCUT2D eigenvalue weighted by Gasteiger charge is -2.22. The monoisotopic (exact) mass is 593 g/mol. The second-order valence-corrected chi connectivity index (χ2v) is 11.1. The van der Waals surface area contributed by atoms with Crippen LogP contribution in [0.3, 0.4) is 0 Å². The van der Waals surface area contributed by atoms with E-state index in [1.807, 2.05) is 20.8 Å². The first-order chi connectivity index (χ1) is 19.5. The quantitative estimate of drug-likeness (QED) is 0.196. The van der Waals surface area contributed by atoms with E-state index in [0.29, 0.717) is 35.2 Å². The number of sulfonamides is 1. The van der Waals surface area contributed by atoms with E-state index in [-0.39, 0.29) is 24.0 Å². The van der Waals surface area contributed by atoms with E-state index in [1.54, 1.807) is 48.7 Å². The molecule has 42 heavy (non-hydrogen) atoms. The van der Waals surface area contributed by atoms with Crippen molar-refractivity contribution in [2.75, 3.05) is 17.7 Å². The molecule has 1 heterocycles. The first-order valence-corrected chi connectivity index (χ1v) is 14.3. The highest BCUT2D eigenvalue weighted by atomic mass is 32.2. The zero-order valence-corrected chi connectivity index (χ0v) is 23.6. The van der Waals surface area contributed by atoms with Crippen LogP contribution in [0, 0.1) is 0 Å². The number of fused-ring (bicyclic) bond motifs is 1. The normalized spacial score (nSPS) is 11.8. The third-order valence-corrected chi connectivity index (χ3v) is 7.34. The molecule has 0 fully saturated rings. The van der Waals surface area contributed by atoms with Crippen LogP contribution in [0.25, 0.3) is 10.8 Å². The lowest BCUT2D eigenvalue weighted by molar-refractivity contribution is -0.120. The number of carbonyl (C=O) groups excluding carboxylic acids is 2. The Morgan fingerprint density at radius 2 is 1.76 bits per heavy atom. The number of hydrogen-bond acceptors (Lipinski definition) is 9. The smallest absolute Gasteiger partial charge is 0.264 e. The lowest BCUT2D eigenvalue weighted by Crippen LogP contribution is -2.37. The van der Waals surface area contributed by atoms with Crippen LogP contribution in [0.15, 0.2) is 77.8 Å². The molecule has 0 aliphatic rings. The van der Waals surface area contributed by atoms with Crippen molar-refractivity contribution in [3.05, 3.63) is 84.1 Å². The molecular weight excluding hydrogens is 558 g/mol. The number of amides is 2. The van der Waals surface area contributed by atoms with Gasteiger partial charge in [0, 0.05) is 22.8 Å². The lowest BCUT2D eigenvalue weighted by atomic mass is 10.0. The van der Waals surface area contributed by atoms with Crippen molar-refractivity contribution in [3.8, 4) is 11.5 Å². The number of nitrogens with zero attached hydrogens (tertiary/aromatic N) is 1. The fraction of sp³-hybridized carbons (Fsp3) is 0.233. The Morgan fingerprint density at radius 1 is 1.00 bits per heavy atom. The number of nitrogens with two attached hydrogens (primary N) is 2. The highest BCUT2D eigenvalue weighted by Crippen LogP contribution is 2.33. The van der Waals surface area contributed by atoms with Crippen LogP contribution in [-0.4, -0.2) is 37.9 Å². The molecule has 0 radical (unpaired) electrons. The first-order valence-electron chi connectivity index (χ1n) is 12.8. The minimum atomic E-state index is -4.37. The van der Waals surface area contributed by atoms with Gasteiger partial charge in [-0.3, -0.25) is 9.59 Å². The number of carbonyl (C=O) groups is 2. The SMILES string of the molecule is C.CCOc1cc(C(Nc2ccc3c(N)nccc3c2)C(=O)NS(=O)(=O)c2cccc(C(N)=O)c2)ccc1OC(C)C. The number of ether oxygens (including phenoxy) is 2. The number of benzene rings is 3. The van der Waals surface area contributed by atoms with Crippen LogP contribution < -0.4 is 31.0 Å². The number of primary amides is 1. The molecule has 1 aromatic heterocycles. The Labute approximate surface area is 245 Å². The van der Waals surface area contributed by atoms with Crippen LogP contribution in [0.4, 0.5) is 11.5 Å². The summed E-state index contributed by atoms with van der Waals surface area (Å²) in [6.07, 6.45) is 1.44. The van der Waals surface area contributed by atoms with Gasteiger partial charge in [-0.15, -0.1) is 0 Å². The summed E-state index contributed by atoms with van der Waals surface area (Å²) >= 11 is 0. The molecule has 6 N–H and O–H groups in total. The number of hydrogen-bond donors (Lipinski definition) is 4. The third-order valence-electron chi connectivity index (χ3n) is 6.00. The predicted octanol–water partition coefficient (Wildman–Crippen LogP) is 4.40.